The molecule has 0 aromatic heterocycles. The second-order valence-corrected chi connectivity index (χ2v) is 6.81. The molecule has 1 aromatic carbocycles. The zero-order chi connectivity index (χ0) is 14.6. The Morgan fingerprint density at radius 1 is 1.40 bits per heavy atom. The van der Waals surface area contributed by atoms with Crippen molar-refractivity contribution in [2.75, 3.05) is 26.7 Å². The average Bonchev–Trinajstić information content (AvgIpc) is 2.48. The van der Waals surface area contributed by atoms with Gasteiger partial charge in [0.15, 0.2) is 0 Å². The Bertz CT molecular complexity index is 545. The van der Waals surface area contributed by atoms with Gasteiger partial charge in [0, 0.05) is 19.6 Å². The van der Waals surface area contributed by atoms with Gasteiger partial charge in [0.05, 0.1) is 17.6 Å². The summed E-state index contributed by atoms with van der Waals surface area (Å²) in [5.74, 6) is 0. The second kappa shape index (κ2) is 6.67. The normalized spacial score (nSPS) is 21.0. The summed E-state index contributed by atoms with van der Waals surface area (Å²) in [6, 6.07) is 7.16. The first-order chi connectivity index (χ1) is 9.59. The van der Waals surface area contributed by atoms with E-state index >= 15 is 0 Å². The fraction of sp³-hybridized carbons (Fsp3) is 0.571. The molecule has 1 unspecified atom stereocenters. The molecule has 1 aliphatic rings. The summed E-state index contributed by atoms with van der Waals surface area (Å²) < 4.78 is 32.7. The summed E-state index contributed by atoms with van der Waals surface area (Å²) in [6.07, 6.45) is 0.819. The molecule has 0 radical (unpaired) electrons. The summed E-state index contributed by atoms with van der Waals surface area (Å²) in [6.45, 7) is 3.87. The maximum absolute atomic E-state index is 12.8. The minimum atomic E-state index is -3.44. The first-order valence-electron chi connectivity index (χ1n) is 6.93. The van der Waals surface area contributed by atoms with Gasteiger partial charge in [0.25, 0.3) is 0 Å². The quantitative estimate of drug-likeness (QED) is 0.887. The van der Waals surface area contributed by atoms with Gasteiger partial charge < -0.3 is 10.1 Å². The summed E-state index contributed by atoms with van der Waals surface area (Å²) in [7, 11) is -1.63. The van der Waals surface area contributed by atoms with Crippen LogP contribution in [0.3, 0.4) is 0 Å². The third-order valence-electron chi connectivity index (χ3n) is 3.51. The molecule has 2 rings (SSSR count). The Morgan fingerprint density at radius 2 is 2.15 bits per heavy atom. The van der Waals surface area contributed by atoms with Crippen LogP contribution in [-0.4, -0.2) is 45.6 Å². The lowest BCUT2D eigenvalue weighted by Crippen LogP contribution is -2.45. The monoisotopic (exact) mass is 298 g/mol. The highest BCUT2D eigenvalue weighted by Gasteiger charge is 2.31. The lowest BCUT2D eigenvalue weighted by molar-refractivity contribution is -0.00279. The van der Waals surface area contributed by atoms with E-state index < -0.39 is 10.0 Å². The molecule has 5 nitrogen and oxygen atoms in total. The Balaban J connectivity index is 2.30. The average molecular weight is 298 g/mol. The Labute approximate surface area is 121 Å². The first kappa shape index (κ1) is 15.4. The third-order valence-corrected chi connectivity index (χ3v) is 5.48. The molecule has 6 heteroatoms. The predicted molar refractivity (Wildman–Crippen MR) is 78.0 cm³/mol. The van der Waals surface area contributed by atoms with Gasteiger partial charge in [0.1, 0.15) is 0 Å². The number of rotatable bonds is 5. The van der Waals surface area contributed by atoms with E-state index in [1.165, 1.54) is 0 Å². The van der Waals surface area contributed by atoms with Gasteiger partial charge in [0.2, 0.25) is 10.0 Å². The summed E-state index contributed by atoms with van der Waals surface area (Å²) >= 11 is 0. The fourth-order valence-corrected chi connectivity index (χ4v) is 4.07. The van der Waals surface area contributed by atoms with E-state index in [4.69, 9.17) is 4.74 Å². The zero-order valence-electron chi connectivity index (χ0n) is 12.0. The van der Waals surface area contributed by atoms with Crippen LogP contribution in [0.15, 0.2) is 29.2 Å². The van der Waals surface area contributed by atoms with Gasteiger partial charge in [-0.1, -0.05) is 25.1 Å². The third kappa shape index (κ3) is 3.20. The van der Waals surface area contributed by atoms with Gasteiger partial charge in [-0.05, 0) is 25.1 Å². The fourth-order valence-electron chi connectivity index (χ4n) is 2.39. The molecule has 1 aliphatic heterocycles. The van der Waals surface area contributed by atoms with Crippen LogP contribution < -0.4 is 5.32 Å². The molecule has 0 bridgehead atoms. The Morgan fingerprint density at radius 3 is 2.85 bits per heavy atom. The van der Waals surface area contributed by atoms with E-state index in [1.54, 1.807) is 16.4 Å². The van der Waals surface area contributed by atoms with Gasteiger partial charge >= 0.3 is 0 Å². The molecule has 0 aliphatic carbocycles. The lowest BCUT2D eigenvalue weighted by Gasteiger charge is -2.32. The van der Waals surface area contributed by atoms with Crippen molar-refractivity contribution in [3.05, 3.63) is 29.8 Å². The molecular formula is C14H22N2O3S. The number of sulfonamides is 1. The van der Waals surface area contributed by atoms with E-state index in [0.29, 0.717) is 31.1 Å². The van der Waals surface area contributed by atoms with Crippen molar-refractivity contribution >= 4 is 10.0 Å². The lowest BCUT2D eigenvalue weighted by atomic mass is 10.2. The van der Waals surface area contributed by atoms with E-state index in [9.17, 15) is 8.42 Å². The molecule has 1 atom stereocenters. The van der Waals surface area contributed by atoms with Crippen LogP contribution in [0.5, 0.6) is 0 Å². The number of hydrogen-bond acceptors (Lipinski definition) is 4. The second-order valence-electron chi connectivity index (χ2n) is 4.90. The molecule has 1 saturated heterocycles. The largest absolute Gasteiger partial charge is 0.375 e. The Hall–Kier alpha value is -0.950. The van der Waals surface area contributed by atoms with Crippen LogP contribution in [0.4, 0.5) is 0 Å². The molecular weight excluding hydrogens is 276 g/mol. The molecule has 1 N–H and O–H groups in total. The molecule has 112 valence electrons. The number of hydrogen-bond donors (Lipinski definition) is 1. The van der Waals surface area contributed by atoms with Crippen molar-refractivity contribution in [3.8, 4) is 0 Å². The minimum absolute atomic E-state index is 0.00464. The standard InChI is InChI=1S/C14H22N2O3S/c1-3-13-11-16(8-9-19-13)20(17,18)14-7-5-4-6-12(14)10-15-2/h4-7,13,15H,3,8-11H2,1-2H3. The number of morpholine rings is 1. The summed E-state index contributed by atoms with van der Waals surface area (Å²) in [4.78, 5) is 0.395. The summed E-state index contributed by atoms with van der Waals surface area (Å²) in [5, 5.41) is 3.01. The van der Waals surface area contributed by atoms with Gasteiger partial charge in [-0.25, -0.2) is 8.42 Å². The molecule has 1 fully saturated rings. The summed E-state index contributed by atoms with van der Waals surface area (Å²) in [5.41, 5.74) is 0.801. The predicted octanol–water partition coefficient (Wildman–Crippen LogP) is 1.21. The number of nitrogens with one attached hydrogen (secondary N) is 1. The van der Waals surface area contributed by atoms with Crippen LogP contribution in [-0.2, 0) is 21.3 Å². The van der Waals surface area contributed by atoms with E-state index in [1.807, 2.05) is 26.1 Å². The van der Waals surface area contributed by atoms with E-state index in [-0.39, 0.29) is 6.10 Å². The SMILES string of the molecule is CCC1CN(S(=O)(=O)c2ccccc2CNC)CCO1. The molecule has 0 amide bonds. The molecule has 20 heavy (non-hydrogen) atoms. The smallest absolute Gasteiger partial charge is 0.243 e. The van der Waals surface area contributed by atoms with Gasteiger partial charge in [-0.3, -0.25) is 0 Å². The van der Waals surface area contributed by atoms with Crippen molar-refractivity contribution in [3.63, 3.8) is 0 Å². The minimum Gasteiger partial charge on any atom is -0.375 e. The topological polar surface area (TPSA) is 58.6 Å². The molecule has 0 spiro atoms. The van der Waals surface area contributed by atoms with Crippen LogP contribution in [0.1, 0.15) is 18.9 Å². The van der Waals surface area contributed by atoms with E-state index in [0.717, 1.165) is 12.0 Å². The highest BCUT2D eigenvalue weighted by molar-refractivity contribution is 7.89. The number of ether oxygens (including phenoxy) is 1. The van der Waals surface area contributed by atoms with E-state index in [2.05, 4.69) is 5.32 Å². The highest BCUT2D eigenvalue weighted by atomic mass is 32.2. The van der Waals surface area contributed by atoms with Crippen LogP contribution in [0, 0.1) is 0 Å². The number of nitrogens with zero attached hydrogens (tertiary/aromatic N) is 1. The van der Waals surface area contributed by atoms with Crippen LogP contribution in [0.25, 0.3) is 0 Å². The molecule has 0 saturated carbocycles. The van der Waals surface area contributed by atoms with Crippen LogP contribution >= 0.6 is 0 Å². The number of benzene rings is 1. The maximum atomic E-state index is 12.8. The van der Waals surface area contributed by atoms with Crippen molar-refractivity contribution < 1.29 is 13.2 Å². The Kier molecular flexibility index (Phi) is 5.15. The van der Waals surface area contributed by atoms with Crippen molar-refractivity contribution in [2.45, 2.75) is 30.9 Å². The van der Waals surface area contributed by atoms with Gasteiger partial charge in [-0.2, -0.15) is 4.31 Å². The molecule has 1 heterocycles. The maximum Gasteiger partial charge on any atom is 0.243 e. The first-order valence-corrected chi connectivity index (χ1v) is 8.37. The van der Waals surface area contributed by atoms with Crippen LogP contribution in [0.2, 0.25) is 0 Å². The van der Waals surface area contributed by atoms with Crippen molar-refractivity contribution in [1.82, 2.24) is 9.62 Å². The van der Waals surface area contributed by atoms with Crippen molar-refractivity contribution in [2.24, 2.45) is 0 Å². The zero-order valence-corrected chi connectivity index (χ0v) is 12.8. The molecule has 1 aromatic rings. The van der Waals surface area contributed by atoms with Crippen molar-refractivity contribution in [1.29, 1.82) is 0 Å². The highest BCUT2D eigenvalue weighted by Crippen LogP contribution is 2.22. The van der Waals surface area contributed by atoms with Gasteiger partial charge in [-0.15, -0.1) is 0 Å².